The summed E-state index contributed by atoms with van der Waals surface area (Å²) in [7, 11) is 2.12. The van der Waals surface area contributed by atoms with Gasteiger partial charge in [0, 0.05) is 12.1 Å². The Morgan fingerprint density at radius 2 is 2.20 bits per heavy atom. The van der Waals surface area contributed by atoms with Gasteiger partial charge in [0.05, 0.1) is 6.54 Å². The van der Waals surface area contributed by atoms with Crippen molar-refractivity contribution in [2.24, 2.45) is 5.73 Å². The minimum atomic E-state index is 0.563. The highest BCUT2D eigenvalue weighted by atomic mass is 16.3. The third-order valence-corrected chi connectivity index (χ3v) is 2.61. The largest absolute Gasteiger partial charge is 0.465 e. The first-order chi connectivity index (χ1) is 7.17. The summed E-state index contributed by atoms with van der Waals surface area (Å²) in [6.45, 7) is 6.73. The first-order valence-corrected chi connectivity index (χ1v) is 5.64. The van der Waals surface area contributed by atoms with Crippen LogP contribution in [0.2, 0.25) is 0 Å². The van der Waals surface area contributed by atoms with E-state index in [-0.39, 0.29) is 0 Å². The zero-order valence-electron chi connectivity index (χ0n) is 10.0. The summed E-state index contributed by atoms with van der Waals surface area (Å²) in [4.78, 5) is 2.28. The molecule has 0 bridgehead atoms. The van der Waals surface area contributed by atoms with E-state index < -0.39 is 0 Å². The maximum Gasteiger partial charge on any atom is 0.118 e. The van der Waals surface area contributed by atoms with Crippen LogP contribution in [0, 0.1) is 6.92 Å². The quantitative estimate of drug-likeness (QED) is 0.783. The standard InChI is InChI=1S/C12H22N2O/c1-4-5-6-14(3)9-12-7-11(8-13)10(2)15-12/h7H,4-6,8-9,13H2,1-3H3. The summed E-state index contributed by atoms with van der Waals surface area (Å²) < 4.78 is 5.63. The SMILES string of the molecule is CCCCN(C)Cc1cc(CN)c(C)o1. The molecule has 0 radical (unpaired) electrons. The van der Waals surface area contributed by atoms with E-state index in [0.717, 1.165) is 30.2 Å². The average molecular weight is 210 g/mol. The van der Waals surface area contributed by atoms with Crippen molar-refractivity contribution in [2.45, 2.75) is 39.8 Å². The van der Waals surface area contributed by atoms with Gasteiger partial charge in [-0.25, -0.2) is 0 Å². The minimum Gasteiger partial charge on any atom is -0.465 e. The molecule has 0 saturated carbocycles. The van der Waals surface area contributed by atoms with E-state index in [9.17, 15) is 0 Å². The maximum absolute atomic E-state index is 5.63. The average Bonchev–Trinajstić information content (AvgIpc) is 2.55. The molecule has 86 valence electrons. The molecule has 3 nitrogen and oxygen atoms in total. The summed E-state index contributed by atoms with van der Waals surface area (Å²) in [5, 5.41) is 0. The first kappa shape index (κ1) is 12.3. The number of furan rings is 1. The van der Waals surface area contributed by atoms with E-state index in [1.165, 1.54) is 12.8 Å². The Hall–Kier alpha value is -0.800. The van der Waals surface area contributed by atoms with Crippen LogP contribution >= 0.6 is 0 Å². The molecule has 0 spiro atoms. The second kappa shape index (κ2) is 5.93. The molecule has 0 saturated heterocycles. The van der Waals surface area contributed by atoms with E-state index in [0.29, 0.717) is 6.54 Å². The smallest absolute Gasteiger partial charge is 0.118 e. The summed E-state index contributed by atoms with van der Waals surface area (Å²) in [5.41, 5.74) is 6.72. The lowest BCUT2D eigenvalue weighted by molar-refractivity contribution is 0.288. The van der Waals surface area contributed by atoms with Crippen LogP contribution in [0.5, 0.6) is 0 Å². The minimum absolute atomic E-state index is 0.563. The van der Waals surface area contributed by atoms with Crippen molar-refractivity contribution < 1.29 is 4.42 Å². The third-order valence-electron chi connectivity index (χ3n) is 2.61. The van der Waals surface area contributed by atoms with Gasteiger partial charge in [-0.15, -0.1) is 0 Å². The van der Waals surface area contributed by atoms with E-state index in [2.05, 4.69) is 24.9 Å². The molecule has 0 amide bonds. The van der Waals surface area contributed by atoms with Crippen LogP contribution in [0.3, 0.4) is 0 Å². The lowest BCUT2D eigenvalue weighted by Crippen LogP contribution is -2.18. The molecule has 0 unspecified atom stereocenters. The molecule has 2 N–H and O–H groups in total. The van der Waals surface area contributed by atoms with Gasteiger partial charge in [-0.1, -0.05) is 13.3 Å². The number of hydrogen-bond donors (Lipinski definition) is 1. The summed E-state index contributed by atoms with van der Waals surface area (Å²) in [6, 6.07) is 2.07. The lowest BCUT2D eigenvalue weighted by Gasteiger charge is -2.13. The van der Waals surface area contributed by atoms with Crippen LogP contribution in [0.15, 0.2) is 10.5 Å². The summed E-state index contributed by atoms with van der Waals surface area (Å²) >= 11 is 0. The van der Waals surface area contributed by atoms with Crippen LogP contribution in [0.4, 0.5) is 0 Å². The predicted octanol–water partition coefficient (Wildman–Crippen LogP) is 2.28. The van der Waals surface area contributed by atoms with Crippen molar-refractivity contribution in [3.05, 3.63) is 23.2 Å². The van der Waals surface area contributed by atoms with E-state index in [4.69, 9.17) is 10.2 Å². The van der Waals surface area contributed by atoms with Crippen molar-refractivity contribution >= 4 is 0 Å². The molecule has 15 heavy (non-hydrogen) atoms. The van der Waals surface area contributed by atoms with E-state index in [1.54, 1.807) is 0 Å². The van der Waals surface area contributed by atoms with Gasteiger partial charge < -0.3 is 10.2 Å². The van der Waals surface area contributed by atoms with Gasteiger partial charge in [0.25, 0.3) is 0 Å². The predicted molar refractivity (Wildman–Crippen MR) is 62.6 cm³/mol. The van der Waals surface area contributed by atoms with Crippen molar-refractivity contribution in [3.8, 4) is 0 Å². The fraction of sp³-hybridized carbons (Fsp3) is 0.667. The van der Waals surface area contributed by atoms with Gasteiger partial charge >= 0.3 is 0 Å². The molecule has 1 aromatic rings. The van der Waals surface area contributed by atoms with Gasteiger partial charge in [-0.3, -0.25) is 4.90 Å². The molecule has 0 aliphatic rings. The molecule has 1 aromatic heterocycles. The number of nitrogens with zero attached hydrogens (tertiary/aromatic N) is 1. The highest BCUT2D eigenvalue weighted by Gasteiger charge is 2.07. The summed E-state index contributed by atoms with van der Waals surface area (Å²) in [6.07, 6.45) is 2.47. The second-order valence-electron chi connectivity index (χ2n) is 4.09. The van der Waals surface area contributed by atoms with Gasteiger partial charge in [-0.2, -0.15) is 0 Å². The molecule has 0 aliphatic carbocycles. The van der Waals surface area contributed by atoms with E-state index in [1.807, 2.05) is 6.92 Å². The summed E-state index contributed by atoms with van der Waals surface area (Å²) in [5.74, 6) is 1.97. The Labute approximate surface area is 92.2 Å². The maximum atomic E-state index is 5.63. The molecular formula is C12H22N2O. The molecule has 0 atom stereocenters. The van der Waals surface area contributed by atoms with Crippen molar-refractivity contribution in [1.82, 2.24) is 4.90 Å². The van der Waals surface area contributed by atoms with Gasteiger partial charge in [0.15, 0.2) is 0 Å². The van der Waals surface area contributed by atoms with Crippen molar-refractivity contribution in [2.75, 3.05) is 13.6 Å². The highest BCUT2D eigenvalue weighted by Crippen LogP contribution is 2.15. The number of rotatable bonds is 6. The van der Waals surface area contributed by atoms with Crippen LogP contribution in [-0.2, 0) is 13.1 Å². The zero-order chi connectivity index (χ0) is 11.3. The molecule has 0 aromatic carbocycles. The second-order valence-corrected chi connectivity index (χ2v) is 4.09. The fourth-order valence-corrected chi connectivity index (χ4v) is 1.64. The normalized spacial score (nSPS) is 11.3. The Morgan fingerprint density at radius 1 is 1.47 bits per heavy atom. The molecule has 3 heteroatoms. The number of nitrogens with two attached hydrogens (primary N) is 1. The van der Waals surface area contributed by atoms with E-state index >= 15 is 0 Å². The Kier molecular flexibility index (Phi) is 4.85. The number of unbranched alkanes of at least 4 members (excludes halogenated alkanes) is 1. The number of hydrogen-bond acceptors (Lipinski definition) is 3. The number of aryl methyl sites for hydroxylation is 1. The topological polar surface area (TPSA) is 42.4 Å². The molecule has 1 heterocycles. The Balaban J connectivity index is 2.49. The fourth-order valence-electron chi connectivity index (χ4n) is 1.64. The highest BCUT2D eigenvalue weighted by molar-refractivity contribution is 5.20. The van der Waals surface area contributed by atoms with Gasteiger partial charge in [0.2, 0.25) is 0 Å². The van der Waals surface area contributed by atoms with Crippen LogP contribution in [-0.4, -0.2) is 18.5 Å². The molecule has 0 fully saturated rings. The van der Waals surface area contributed by atoms with Crippen molar-refractivity contribution in [3.63, 3.8) is 0 Å². The lowest BCUT2D eigenvalue weighted by atomic mass is 10.2. The third kappa shape index (κ3) is 3.68. The molecular weight excluding hydrogens is 188 g/mol. The van der Waals surface area contributed by atoms with Crippen LogP contribution in [0.25, 0.3) is 0 Å². The van der Waals surface area contributed by atoms with Crippen LogP contribution in [0.1, 0.15) is 36.8 Å². The van der Waals surface area contributed by atoms with Gasteiger partial charge in [0.1, 0.15) is 11.5 Å². The van der Waals surface area contributed by atoms with Crippen LogP contribution < -0.4 is 5.73 Å². The van der Waals surface area contributed by atoms with Crippen molar-refractivity contribution in [1.29, 1.82) is 0 Å². The molecule has 1 rings (SSSR count). The Morgan fingerprint density at radius 3 is 2.73 bits per heavy atom. The zero-order valence-corrected chi connectivity index (χ0v) is 10.0. The van der Waals surface area contributed by atoms with Gasteiger partial charge in [-0.05, 0) is 33.0 Å². The Bertz CT molecular complexity index is 294. The molecule has 0 aliphatic heterocycles. The first-order valence-electron chi connectivity index (χ1n) is 5.64. The monoisotopic (exact) mass is 210 g/mol.